The molecule has 0 spiro atoms. The van der Waals surface area contributed by atoms with Crippen molar-refractivity contribution in [3.05, 3.63) is 47.5 Å². The average Bonchev–Trinajstić information content (AvgIpc) is 2.68. The summed E-state index contributed by atoms with van der Waals surface area (Å²) in [5.74, 6) is -2.99. The molecule has 0 saturated carbocycles. The molecule has 6 nitrogen and oxygen atoms in total. The van der Waals surface area contributed by atoms with Gasteiger partial charge in [0.2, 0.25) is 11.8 Å². The van der Waals surface area contributed by atoms with Crippen LogP contribution in [0.4, 0.5) is 0 Å². The summed E-state index contributed by atoms with van der Waals surface area (Å²) in [6.45, 7) is 0. The number of rotatable bonds is 2. The highest BCUT2D eigenvalue weighted by atomic mass is 16.4. The topological polar surface area (TPSA) is 99.8 Å². The molecule has 0 atom stereocenters. The first kappa shape index (κ1) is 11.7. The van der Waals surface area contributed by atoms with Crippen molar-refractivity contribution in [2.45, 2.75) is 0 Å². The van der Waals surface area contributed by atoms with Gasteiger partial charge in [-0.3, -0.25) is 4.79 Å². The summed E-state index contributed by atoms with van der Waals surface area (Å²) in [4.78, 5) is 23.0. The Morgan fingerprint density at radius 1 is 0.889 bits per heavy atom. The van der Waals surface area contributed by atoms with Crippen LogP contribution in [-0.2, 0) is 0 Å². The van der Waals surface area contributed by atoms with Crippen molar-refractivity contribution in [3.63, 3.8) is 0 Å². The van der Waals surface area contributed by atoms with Crippen LogP contribution in [0.1, 0.15) is 20.7 Å². The molecule has 6 heteroatoms. The third-order valence-corrected chi connectivity index (χ3v) is 2.43. The number of hydrogen-bond acceptors (Lipinski definition) is 4. The normalized spacial score (nSPS) is 10.2. The molecule has 2 aromatic rings. The van der Waals surface area contributed by atoms with Crippen LogP contribution in [0.25, 0.3) is 0 Å². The van der Waals surface area contributed by atoms with Gasteiger partial charge in [0.05, 0.1) is 11.1 Å². The SMILES string of the molecule is O=C(O)c1ccccc1C(=O)n1c(O)ccc1O. The minimum absolute atomic E-state index is 0.119. The molecule has 0 amide bonds. The number of benzene rings is 1. The fraction of sp³-hybridized carbons (Fsp3) is 0. The van der Waals surface area contributed by atoms with E-state index in [0.29, 0.717) is 4.57 Å². The Bertz CT molecular complexity index is 610. The number of aromatic carboxylic acids is 1. The zero-order valence-corrected chi connectivity index (χ0v) is 9.07. The zero-order valence-electron chi connectivity index (χ0n) is 9.07. The van der Waals surface area contributed by atoms with Gasteiger partial charge < -0.3 is 15.3 Å². The van der Waals surface area contributed by atoms with Crippen LogP contribution in [0, 0.1) is 0 Å². The van der Waals surface area contributed by atoms with Gasteiger partial charge in [0, 0.05) is 12.1 Å². The number of carbonyl (C=O) groups is 2. The number of carboxylic acid groups (broad SMARTS) is 1. The highest BCUT2D eigenvalue weighted by Gasteiger charge is 2.21. The first-order valence-corrected chi connectivity index (χ1v) is 4.99. The van der Waals surface area contributed by atoms with E-state index in [2.05, 4.69) is 0 Å². The summed E-state index contributed by atoms with van der Waals surface area (Å²) < 4.78 is 0.627. The van der Waals surface area contributed by atoms with Crippen molar-refractivity contribution < 1.29 is 24.9 Å². The minimum atomic E-state index is -1.26. The molecule has 0 aliphatic rings. The third-order valence-electron chi connectivity index (χ3n) is 2.43. The second-order valence-electron chi connectivity index (χ2n) is 3.54. The third kappa shape index (κ3) is 1.80. The standard InChI is InChI=1S/C12H9NO5/c14-9-5-6-10(15)13(9)11(16)7-3-1-2-4-8(7)12(17)18/h1-6,14-15H,(H,17,18). The number of aromatic nitrogens is 1. The second-order valence-corrected chi connectivity index (χ2v) is 3.54. The predicted octanol–water partition coefficient (Wildman–Crippen LogP) is 1.29. The van der Waals surface area contributed by atoms with E-state index >= 15 is 0 Å². The number of hydrogen-bond donors (Lipinski definition) is 3. The largest absolute Gasteiger partial charge is 0.494 e. The quantitative estimate of drug-likeness (QED) is 0.742. The monoisotopic (exact) mass is 247 g/mol. The van der Waals surface area contributed by atoms with Crippen molar-refractivity contribution in [2.24, 2.45) is 0 Å². The fourth-order valence-corrected chi connectivity index (χ4v) is 1.60. The number of carboxylic acids is 1. The van der Waals surface area contributed by atoms with E-state index in [9.17, 15) is 19.8 Å². The van der Waals surface area contributed by atoms with E-state index in [4.69, 9.17) is 5.11 Å². The Kier molecular flexibility index (Phi) is 2.77. The molecule has 1 aromatic heterocycles. The Morgan fingerprint density at radius 2 is 1.39 bits per heavy atom. The van der Waals surface area contributed by atoms with Gasteiger partial charge in [0.1, 0.15) is 0 Å². The van der Waals surface area contributed by atoms with E-state index in [0.717, 1.165) is 12.1 Å². The predicted molar refractivity (Wildman–Crippen MR) is 60.9 cm³/mol. The van der Waals surface area contributed by atoms with Crippen LogP contribution < -0.4 is 0 Å². The van der Waals surface area contributed by atoms with Gasteiger partial charge in [-0.2, -0.15) is 0 Å². The lowest BCUT2D eigenvalue weighted by Gasteiger charge is -2.07. The van der Waals surface area contributed by atoms with Crippen LogP contribution in [-0.4, -0.2) is 31.8 Å². The van der Waals surface area contributed by atoms with Gasteiger partial charge >= 0.3 is 5.97 Å². The Morgan fingerprint density at radius 3 is 1.89 bits per heavy atom. The molecule has 1 heterocycles. The van der Waals surface area contributed by atoms with E-state index in [1.54, 1.807) is 0 Å². The molecule has 0 aliphatic carbocycles. The molecule has 0 fully saturated rings. The Hall–Kier alpha value is -2.76. The molecule has 0 unspecified atom stereocenters. The van der Waals surface area contributed by atoms with E-state index in [1.807, 2.05) is 0 Å². The lowest BCUT2D eigenvalue weighted by Crippen LogP contribution is -2.15. The smallest absolute Gasteiger partial charge is 0.336 e. The van der Waals surface area contributed by atoms with E-state index < -0.39 is 23.6 Å². The van der Waals surface area contributed by atoms with Gasteiger partial charge in [-0.15, -0.1) is 0 Å². The Labute approximate surface area is 101 Å². The van der Waals surface area contributed by atoms with Crippen molar-refractivity contribution in [1.29, 1.82) is 0 Å². The average molecular weight is 247 g/mol. The molecule has 3 N–H and O–H groups in total. The maximum Gasteiger partial charge on any atom is 0.336 e. The molecule has 0 aliphatic heterocycles. The highest BCUT2D eigenvalue weighted by Crippen LogP contribution is 2.23. The minimum Gasteiger partial charge on any atom is -0.494 e. The van der Waals surface area contributed by atoms with Crippen LogP contribution in [0.3, 0.4) is 0 Å². The van der Waals surface area contributed by atoms with Gasteiger partial charge in [-0.25, -0.2) is 9.36 Å². The van der Waals surface area contributed by atoms with E-state index in [1.165, 1.54) is 24.3 Å². The molecule has 0 radical (unpaired) electrons. The summed E-state index contributed by atoms with van der Waals surface area (Å²) in [5.41, 5.74) is -0.318. The lowest BCUT2D eigenvalue weighted by atomic mass is 10.1. The molecule has 92 valence electrons. The molecule has 0 saturated heterocycles. The number of aromatic hydroxyl groups is 2. The summed E-state index contributed by atoms with van der Waals surface area (Å²) in [5, 5.41) is 27.8. The number of nitrogens with zero attached hydrogens (tertiary/aromatic N) is 1. The molecule has 0 bridgehead atoms. The summed E-state index contributed by atoms with van der Waals surface area (Å²) in [7, 11) is 0. The van der Waals surface area contributed by atoms with Crippen molar-refractivity contribution in [2.75, 3.05) is 0 Å². The van der Waals surface area contributed by atoms with Crippen molar-refractivity contribution >= 4 is 11.9 Å². The van der Waals surface area contributed by atoms with E-state index in [-0.39, 0.29) is 11.1 Å². The summed E-state index contributed by atoms with van der Waals surface area (Å²) in [6.07, 6.45) is 0. The van der Waals surface area contributed by atoms with Gasteiger partial charge in [0.15, 0.2) is 0 Å². The Balaban J connectivity index is 2.57. The molecular formula is C12H9NO5. The first-order chi connectivity index (χ1) is 8.52. The molecule has 18 heavy (non-hydrogen) atoms. The maximum absolute atomic E-state index is 12.1. The zero-order chi connectivity index (χ0) is 13.3. The highest BCUT2D eigenvalue weighted by molar-refractivity contribution is 6.06. The van der Waals surface area contributed by atoms with Gasteiger partial charge in [-0.05, 0) is 12.1 Å². The number of carbonyl (C=O) groups excluding carboxylic acids is 1. The molecular weight excluding hydrogens is 238 g/mol. The first-order valence-electron chi connectivity index (χ1n) is 4.99. The fourth-order valence-electron chi connectivity index (χ4n) is 1.60. The molecule has 1 aromatic carbocycles. The lowest BCUT2D eigenvalue weighted by molar-refractivity contribution is 0.0690. The van der Waals surface area contributed by atoms with Gasteiger partial charge in [-0.1, -0.05) is 12.1 Å². The second kappa shape index (κ2) is 4.25. The van der Waals surface area contributed by atoms with Crippen LogP contribution in [0.15, 0.2) is 36.4 Å². The van der Waals surface area contributed by atoms with Crippen LogP contribution in [0.2, 0.25) is 0 Å². The van der Waals surface area contributed by atoms with Crippen LogP contribution >= 0.6 is 0 Å². The summed E-state index contributed by atoms with van der Waals surface area (Å²) >= 11 is 0. The maximum atomic E-state index is 12.1. The summed E-state index contributed by atoms with van der Waals surface area (Å²) in [6, 6.07) is 7.83. The van der Waals surface area contributed by atoms with Gasteiger partial charge in [0.25, 0.3) is 5.91 Å². The van der Waals surface area contributed by atoms with Crippen molar-refractivity contribution in [1.82, 2.24) is 4.57 Å². The molecule has 2 rings (SSSR count). The van der Waals surface area contributed by atoms with Crippen molar-refractivity contribution in [3.8, 4) is 11.8 Å². The van der Waals surface area contributed by atoms with Crippen LogP contribution in [0.5, 0.6) is 11.8 Å².